The van der Waals surface area contributed by atoms with E-state index in [0.717, 1.165) is 32.4 Å². The van der Waals surface area contributed by atoms with E-state index in [1.807, 2.05) is 4.90 Å². The second-order valence-electron chi connectivity index (χ2n) is 6.23. The number of amides is 2. The molecule has 0 bridgehead atoms. The maximum Gasteiger partial charge on any atom is 0.332 e. The van der Waals surface area contributed by atoms with E-state index in [-0.39, 0.29) is 17.6 Å². The highest BCUT2D eigenvalue weighted by Crippen LogP contribution is 2.36. The number of nitrogens with one attached hydrogen (secondary N) is 1. The molecule has 2 amide bonds. The van der Waals surface area contributed by atoms with Crippen molar-refractivity contribution in [2.75, 3.05) is 19.6 Å². The molecule has 2 aliphatic heterocycles. The fraction of sp³-hybridized carbons (Fsp3) is 0.867. The average Bonchev–Trinajstić information content (AvgIpc) is 3.12. The Labute approximate surface area is 125 Å². The van der Waals surface area contributed by atoms with Crippen LogP contribution in [-0.4, -0.2) is 53.8 Å². The predicted molar refractivity (Wildman–Crippen MR) is 78.1 cm³/mol. The molecule has 0 aromatic heterocycles. The second-order valence-corrected chi connectivity index (χ2v) is 6.23. The van der Waals surface area contributed by atoms with E-state index >= 15 is 0 Å². The van der Waals surface area contributed by atoms with Crippen molar-refractivity contribution >= 4 is 12.0 Å². The first-order valence-electron chi connectivity index (χ1n) is 7.90. The summed E-state index contributed by atoms with van der Waals surface area (Å²) in [4.78, 5) is 24.9. The molecule has 0 aromatic rings. The van der Waals surface area contributed by atoms with Gasteiger partial charge in [-0.2, -0.15) is 0 Å². The van der Waals surface area contributed by atoms with Gasteiger partial charge in [0.2, 0.25) is 0 Å². The van der Waals surface area contributed by atoms with Crippen LogP contribution in [0.1, 0.15) is 46.0 Å². The molecule has 0 spiro atoms. The summed E-state index contributed by atoms with van der Waals surface area (Å²) in [7, 11) is 0. The van der Waals surface area contributed by atoms with Gasteiger partial charge in [-0.05, 0) is 37.5 Å². The molecule has 2 unspecified atom stereocenters. The molecule has 120 valence electrons. The summed E-state index contributed by atoms with van der Waals surface area (Å²) in [5.74, 6) is -0.918. The largest absolute Gasteiger partial charge is 0.479 e. The molecule has 2 heterocycles. The minimum Gasteiger partial charge on any atom is -0.479 e. The normalized spacial score (nSPS) is 27.8. The summed E-state index contributed by atoms with van der Waals surface area (Å²) >= 11 is 0. The fourth-order valence-corrected chi connectivity index (χ4v) is 3.29. The smallest absolute Gasteiger partial charge is 0.332 e. The van der Waals surface area contributed by atoms with E-state index in [0.29, 0.717) is 19.4 Å². The highest BCUT2D eigenvalue weighted by atomic mass is 16.5. The van der Waals surface area contributed by atoms with Gasteiger partial charge in [0, 0.05) is 19.6 Å². The minimum atomic E-state index is -0.918. The number of rotatable bonds is 5. The molecule has 2 aliphatic rings. The number of carbonyl (C=O) groups is 2. The van der Waals surface area contributed by atoms with Gasteiger partial charge in [-0.25, -0.2) is 9.59 Å². The predicted octanol–water partition coefficient (Wildman–Crippen LogP) is 1.84. The van der Waals surface area contributed by atoms with Crippen molar-refractivity contribution in [2.45, 2.75) is 58.2 Å². The molecule has 6 nitrogen and oxygen atoms in total. The highest BCUT2D eigenvalue weighted by Gasteiger charge is 2.37. The molecule has 0 saturated carbocycles. The molecule has 2 fully saturated rings. The summed E-state index contributed by atoms with van der Waals surface area (Å²) in [5, 5.41) is 11.8. The van der Waals surface area contributed by atoms with Crippen LogP contribution in [0.2, 0.25) is 0 Å². The van der Waals surface area contributed by atoms with Crippen molar-refractivity contribution in [1.82, 2.24) is 10.2 Å². The summed E-state index contributed by atoms with van der Waals surface area (Å²) in [6.45, 7) is 6.38. The highest BCUT2D eigenvalue weighted by molar-refractivity contribution is 5.74. The van der Waals surface area contributed by atoms with Crippen LogP contribution >= 0.6 is 0 Å². The van der Waals surface area contributed by atoms with Crippen LogP contribution in [-0.2, 0) is 9.53 Å². The van der Waals surface area contributed by atoms with Crippen molar-refractivity contribution in [2.24, 2.45) is 5.41 Å². The van der Waals surface area contributed by atoms with Gasteiger partial charge in [-0.15, -0.1) is 0 Å². The monoisotopic (exact) mass is 298 g/mol. The van der Waals surface area contributed by atoms with Gasteiger partial charge in [0.15, 0.2) is 6.10 Å². The van der Waals surface area contributed by atoms with Crippen LogP contribution in [0.5, 0.6) is 0 Å². The first kappa shape index (κ1) is 16.1. The Balaban J connectivity index is 1.75. The molecule has 0 aliphatic carbocycles. The van der Waals surface area contributed by atoms with Gasteiger partial charge in [0.25, 0.3) is 0 Å². The third-order valence-electron chi connectivity index (χ3n) is 5.09. The number of carboxylic acids is 1. The molecular weight excluding hydrogens is 272 g/mol. The molecule has 2 saturated heterocycles. The Hall–Kier alpha value is -1.30. The van der Waals surface area contributed by atoms with Crippen LogP contribution in [0.4, 0.5) is 4.79 Å². The van der Waals surface area contributed by atoms with Crippen LogP contribution in [0.15, 0.2) is 0 Å². The number of nitrogens with zero attached hydrogens (tertiary/aromatic N) is 1. The van der Waals surface area contributed by atoms with E-state index in [4.69, 9.17) is 9.84 Å². The summed E-state index contributed by atoms with van der Waals surface area (Å²) < 4.78 is 5.39. The summed E-state index contributed by atoms with van der Waals surface area (Å²) in [6, 6.07) is -0.0545. The maximum absolute atomic E-state index is 12.2. The molecule has 0 radical (unpaired) electrons. The molecule has 2 rings (SSSR count). The Bertz CT molecular complexity index is 395. The number of hydrogen-bond acceptors (Lipinski definition) is 3. The Morgan fingerprint density at radius 3 is 2.57 bits per heavy atom. The number of carbonyl (C=O) groups excluding carboxylic acids is 1. The minimum absolute atomic E-state index is 0.0545. The Kier molecular flexibility index (Phi) is 5.08. The molecule has 0 aromatic carbocycles. The maximum atomic E-state index is 12.2. The van der Waals surface area contributed by atoms with Crippen molar-refractivity contribution in [1.29, 1.82) is 0 Å². The average molecular weight is 298 g/mol. The van der Waals surface area contributed by atoms with Crippen LogP contribution in [0, 0.1) is 5.41 Å². The zero-order valence-corrected chi connectivity index (χ0v) is 12.9. The molecule has 2 N–H and O–H groups in total. The zero-order chi connectivity index (χ0) is 15.5. The topological polar surface area (TPSA) is 78.9 Å². The molecule has 21 heavy (non-hydrogen) atoms. The lowest BCUT2D eigenvalue weighted by Gasteiger charge is -2.26. The van der Waals surface area contributed by atoms with E-state index < -0.39 is 12.1 Å². The van der Waals surface area contributed by atoms with Gasteiger partial charge >= 0.3 is 12.0 Å². The van der Waals surface area contributed by atoms with E-state index in [9.17, 15) is 9.59 Å². The summed E-state index contributed by atoms with van der Waals surface area (Å²) in [6.07, 6.45) is 3.57. The third kappa shape index (κ3) is 3.67. The first-order chi connectivity index (χ1) is 9.99. The SMILES string of the molecule is CCC1(CC)CCN(C(=O)NCC2CCC(C(=O)O)O2)C1. The van der Waals surface area contributed by atoms with E-state index in [2.05, 4.69) is 19.2 Å². The Morgan fingerprint density at radius 1 is 1.33 bits per heavy atom. The van der Waals surface area contributed by atoms with E-state index in [1.54, 1.807) is 0 Å². The number of hydrogen-bond donors (Lipinski definition) is 2. The standard InChI is InChI=1S/C15H26N2O4/c1-3-15(4-2)7-8-17(10-15)14(20)16-9-11-5-6-12(21-11)13(18)19/h11-12H,3-10H2,1-2H3,(H,16,20)(H,18,19). The lowest BCUT2D eigenvalue weighted by atomic mass is 9.82. The molecular formula is C15H26N2O4. The first-order valence-corrected chi connectivity index (χ1v) is 7.90. The van der Waals surface area contributed by atoms with Gasteiger partial charge in [-0.3, -0.25) is 0 Å². The lowest BCUT2D eigenvalue weighted by Crippen LogP contribution is -2.42. The fourth-order valence-electron chi connectivity index (χ4n) is 3.29. The van der Waals surface area contributed by atoms with Crippen molar-refractivity contribution in [3.05, 3.63) is 0 Å². The number of ether oxygens (including phenoxy) is 1. The number of urea groups is 1. The van der Waals surface area contributed by atoms with Gasteiger partial charge < -0.3 is 20.1 Å². The van der Waals surface area contributed by atoms with E-state index in [1.165, 1.54) is 0 Å². The summed E-state index contributed by atoms with van der Waals surface area (Å²) in [5.41, 5.74) is 0.273. The number of aliphatic carboxylic acids is 1. The van der Waals surface area contributed by atoms with Crippen LogP contribution < -0.4 is 5.32 Å². The van der Waals surface area contributed by atoms with Crippen molar-refractivity contribution in [3.8, 4) is 0 Å². The third-order valence-corrected chi connectivity index (χ3v) is 5.09. The van der Waals surface area contributed by atoms with Crippen molar-refractivity contribution in [3.63, 3.8) is 0 Å². The second kappa shape index (κ2) is 6.64. The van der Waals surface area contributed by atoms with Crippen LogP contribution in [0.25, 0.3) is 0 Å². The number of likely N-dealkylation sites (tertiary alicyclic amines) is 1. The van der Waals surface area contributed by atoms with Gasteiger partial charge in [-0.1, -0.05) is 13.8 Å². The zero-order valence-electron chi connectivity index (χ0n) is 12.9. The lowest BCUT2D eigenvalue weighted by molar-refractivity contribution is -0.149. The van der Waals surface area contributed by atoms with Gasteiger partial charge in [0.05, 0.1) is 6.10 Å². The van der Waals surface area contributed by atoms with Gasteiger partial charge in [0.1, 0.15) is 0 Å². The van der Waals surface area contributed by atoms with Crippen molar-refractivity contribution < 1.29 is 19.4 Å². The number of carboxylic acid groups (broad SMARTS) is 1. The van der Waals surface area contributed by atoms with Crippen LogP contribution in [0.3, 0.4) is 0 Å². The quantitative estimate of drug-likeness (QED) is 0.811. The molecule has 6 heteroatoms. The molecule has 2 atom stereocenters. The Morgan fingerprint density at radius 2 is 2.05 bits per heavy atom.